The summed E-state index contributed by atoms with van der Waals surface area (Å²) in [7, 11) is 1.87. The normalized spacial score (nSPS) is 14.5. The van der Waals surface area contributed by atoms with Crippen molar-refractivity contribution in [2.75, 3.05) is 0 Å². The summed E-state index contributed by atoms with van der Waals surface area (Å²) in [6, 6.07) is 13.3. The van der Waals surface area contributed by atoms with Gasteiger partial charge in [-0.05, 0) is 61.3 Å². The third-order valence-electron chi connectivity index (χ3n) is 5.85. The summed E-state index contributed by atoms with van der Waals surface area (Å²) in [5.74, 6) is 0.277. The van der Waals surface area contributed by atoms with Crippen molar-refractivity contribution in [3.63, 3.8) is 0 Å². The van der Waals surface area contributed by atoms with Crippen molar-refractivity contribution in [2.45, 2.75) is 45.4 Å². The van der Waals surface area contributed by atoms with Crippen molar-refractivity contribution in [1.82, 2.24) is 15.0 Å². The van der Waals surface area contributed by atoms with Gasteiger partial charge in [-0.3, -0.25) is 4.68 Å². The van der Waals surface area contributed by atoms with Crippen LogP contribution in [0.1, 0.15) is 54.5 Å². The molecule has 0 N–H and O–H groups in total. The standard InChI is InChI=1S/C24H27N3O/c1-16-7-9-20-22(13-16)23-14-17(2)8-10-21(23)24(20)18(11-12-28)5-4-6-19-15-27(3)26-25-19/h7-10,12-15,18,24H,4-6,11H2,1-3H3/i12D. The molecule has 4 rings (SSSR count). The molecule has 0 amide bonds. The molecule has 0 fully saturated rings. The highest BCUT2D eigenvalue weighted by molar-refractivity contribution is 5.80. The maximum Gasteiger partial charge on any atom is 0.120 e. The minimum atomic E-state index is -0.483. The number of aryl methyl sites for hydroxylation is 4. The molecule has 2 aromatic carbocycles. The number of hydrogen-bond donors (Lipinski definition) is 0. The van der Waals surface area contributed by atoms with Gasteiger partial charge in [0.25, 0.3) is 0 Å². The highest BCUT2D eigenvalue weighted by atomic mass is 16.1. The second-order valence-electron chi connectivity index (χ2n) is 8.04. The highest BCUT2D eigenvalue weighted by Gasteiger charge is 2.34. The first-order valence-corrected chi connectivity index (χ1v) is 9.98. The molecule has 144 valence electrons. The van der Waals surface area contributed by atoms with E-state index in [-0.39, 0.29) is 18.3 Å². The summed E-state index contributed by atoms with van der Waals surface area (Å²) in [5.41, 5.74) is 8.61. The number of aldehydes is 1. The van der Waals surface area contributed by atoms with Crippen molar-refractivity contribution in [3.05, 3.63) is 70.5 Å². The molecule has 1 atom stereocenters. The quantitative estimate of drug-likeness (QED) is 0.560. The third kappa shape index (κ3) is 3.51. The Kier molecular flexibility index (Phi) is 4.78. The Hall–Kier alpha value is -2.75. The number of carbonyl (C=O) groups is 1. The fourth-order valence-corrected chi connectivity index (χ4v) is 4.57. The van der Waals surface area contributed by atoms with Gasteiger partial charge < -0.3 is 4.79 Å². The summed E-state index contributed by atoms with van der Waals surface area (Å²) >= 11 is 0. The van der Waals surface area contributed by atoms with E-state index in [0.29, 0.717) is 0 Å². The van der Waals surface area contributed by atoms with Crippen molar-refractivity contribution in [1.29, 1.82) is 0 Å². The van der Waals surface area contributed by atoms with E-state index in [4.69, 9.17) is 1.37 Å². The largest absolute Gasteiger partial charge is 0.303 e. The summed E-state index contributed by atoms with van der Waals surface area (Å²) in [6.45, 7) is 4.24. The Labute approximate surface area is 168 Å². The van der Waals surface area contributed by atoms with Crippen LogP contribution in [0, 0.1) is 19.8 Å². The lowest BCUT2D eigenvalue weighted by Gasteiger charge is -2.24. The van der Waals surface area contributed by atoms with Gasteiger partial charge in [0.2, 0.25) is 0 Å². The molecular formula is C24H27N3O. The molecule has 4 heteroatoms. The van der Waals surface area contributed by atoms with Gasteiger partial charge in [-0.2, -0.15) is 0 Å². The first-order chi connectivity index (χ1) is 13.9. The maximum atomic E-state index is 11.8. The summed E-state index contributed by atoms with van der Waals surface area (Å²) in [6.07, 6.45) is 4.39. The number of rotatable bonds is 7. The lowest BCUT2D eigenvalue weighted by molar-refractivity contribution is -0.108. The van der Waals surface area contributed by atoms with Gasteiger partial charge in [0.05, 0.1) is 5.69 Å². The molecule has 1 heterocycles. The number of fused-ring (bicyclic) bond motifs is 3. The zero-order valence-corrected chi connectivity index (χ0v) is 16.8. The van der Waals surface area contributed by atoms with Crippen molar-refractivity contribution in [3.8, 4) is 11.1 Å². The first kappa shape index (κ1) is 17.4. The zero-order valence-electron chi connectivity index (χ0n) is 17.8. The van der Waals surface area contributed by atoms with E-state index >= 15 is 0 Å². The number of aromatic nitrogens is 3. The Balaban J connectivity index is 1.65. The number of benzene rings is 2. The predicted molar refractivity (Wildman–Crippen MR) is 111 cm³/mol. The zero-order chi connectivity index (χ0) is 20.5. The molecule has 0 spiro atoms. The van der Waals surface area contributed by atoms with Gasteiger partial charge >= 0.3 is 0 Å². The van der Waals surface area contributed by atoms with E-state index in [9.17, 15) is 4.79 Å². The van der Waals surface area contributed by atoms with Crippen molar-refractivity contribution < 1.29 is 6.17 Å². The minimum absolute atomic E-state index is 0.113. The van der Waals surface area contributed by atoms with E-state index in [0.717, 1.165) is 25.0 Å². The molecule has 28 heavy (non-hydrogen) atoms. The number of carbonyl (C=O) groups excluding carboxylic acids is 1. The number of nitrogens with zero attached hydrogens (tertiary/aromatic N) is 3. The van der Waals surface area contributed by atoms with Crippen LogP contribution >= 0.6 is 0 Å². The average molecular weight is 375 g/mol. The molecule has 1 aliphatic rings. The van der Waals surface area contributed by atoms with Crippen LogP contribution in [0.15, 0.2) is 42.6 Å². The Bertz CT molecular complexity index is 1000. The minimum Gasteiger partial charge on any atom is -0.303 e. The molecule has 1 unspecified atom stereocenters. The van der Waals surface area contributed by atoms with Crippen LogP contribution in [0.25, 0.3) is 11.1 Å². The highest BCUT2D eigenvalue weighted by Crippen LogP contribution is 2.50. The summed E-state index contributed by atoms with van der Waals surface area (Å²) < 4.78 is 9.36. The van der Waals surface area contributed by atoms with Crippen molar-refractivity contribution >= 4 is 6.26 Å². The van der Waals surface area contributed by atoms with Crippen LogP contribution in [-0.2, 0) is 18.3 Å². The molecule has 0 bridgehead atoms. The molecule has 1 aromatic heterocycles. The smallest absolute Gasteiger partial charge is 0.120 e. The molecule has 0 saturated heterocycles. The average Bonchev–Trinajstić information content (AvgIpc) is 3.21. The van der Waals surface area contributed by atoms with E-state index in [1.165, 1.54) is 33.4 Å². The second kappa shape index (κ2) is 7.70. The Morgan fingerprint density at radius 3 is 2.32 bits per heavy atom. The molecule has 4 nitrogen and oxygen atoms in total. The Morgan fingerprint density at radius 1 is 1.14 bits per heavy atom. The number of hydrogen-bond acceptors (Lipinski definition) is 3. The Morgan fingerprint density at radius 2 is 1.79 bits per heavy atom. The van der Waals surface area contributed by atoms with E-state index in [1.807, 2.05) is 13.2 Å². The van der Waals surface area contributed by atoms with Gasteiger partial charge in [-0.15, -0.1) is 5.10 Å². The van der Waals surface area contributed by atoms with Crippen LogP contribution < -0.4 is 0 Å². The molecule has 0 aliphatic heterocycles. The monoisotopic (exact) mass is 374 g/mol. The lowest BCUT2D eigenvalue weighted by atomic mass is 9.79. The van der Waals surface area contributed by atoms with Gasteiger partial charge in [0, 0.05) is 25.6 Å². The van der Waals surface area contributed by atoms with Crippen LogP contribution in [0.5, 0.6) is 0 Å². The molecule has 1 aliphatic carbocycles. The van der Waals surface area contributed by atoms with Gasteiger partial charge in [0.15, 0.2) is 0 Å². The third-order valence-corrected chi connectivity index (χ3v) is 5.85. The first-order valence-electron chi connectivity index (χ1n) is 10.5. The van der Waals surface area contributed by atoms with E-state index < -0.39 is 6.26 Å². The van der Waals surface area contributed by atoms with Crippen LogP contribution in [0.2, 0.25) is 0 Å². The van der Waals surface area contributed by atoms with E-state index in [1.54, 1.807) is 4.68 Å². The predicted octanol–water partition coefficient (Wildman–Crippen LogP) is 4.77. The summed E-state index contributed by atoms with van der Waals surface area (Å²) in [4.78, 5) is 11.8. The fourth-order valence-electron chi connectivity index (χ4n) is 4.57. The molecule has 0 saturated carbocycles. The SMILES string of the molecule is [2H]C(=O)CC(CCCc1cn(C)nn1)C1c2ccc(C)cc2-c2cc(C)ccc21. The summed E-state index contributed by atoms with van der Waals surface area (Å²) in [5, 5.41) is 8.17. The van der Waals surface area contributed by atoms with Crippen LogP contribution in [-0.4, -0.2) is 21.3 Å². The lowest BCUT2D eigenvalue weighted by Crippen LogP contribution is -2.14. The topological polar surface area (TPSA) is 47.8 Å². The second-order valence-corrected chi connectivity index (χ2v) is 8.04. The fraction of sp³-hybridized carbons (Fsp3) is 0.375. The van der Waals surface area contributed by atoms with Gasteiger partial charge in [-0.1, -0.05) is 52.7 Å². The van der Waals surface area contributed by atoms with Crippen LogP contribution in [0.3, 0.4) is 0 Å². The van der Waals surface area contributed by atoms with Crippen molar-refractivity contribution in [2.24, 2.45) is 13.0 Å². The molecule has 3 aromatic rings. The molecular weight excluding hydrogens is 346 g/mol. The maximum absolute atomic E-state index is 11.8. The van der Waals surface area contributed by atoms with Gasteiger partial charge in [-0.25, -0.2) is 0 Å². The molecule has 0 radical (unpaired) electrons. The van der Waals surface area contributed by atoms with Gasteiger partial charge in [0.1, 0.15) is 7.63 Å². The van der Waals surface area contributed by atoms with E-state index in [2.05, 4.69) is 60.6 Å². The van der Waals surface area contributed by atoms with Crippen LogP contribution in [0.4, 0.5) is 0 Å².